The fraction of sp³-hybridized carbons (Fsp3) is 0.125. The van der Waals surface area contributed by atoms with Gasteiger partial charge in [0, 0.05) is 10.6 Å². The molecule has 0 saturated carbocycles. The second-order valence-electron chi connectivity index (χ2n) is 4.67. The third-order valence-corrected chi connectivity index (χ3v) is 3.91. The van der Waals surface area contributed by atoms with Gasteiger partial charge in [0.15, 0.2) is 0 Å². The van der Waals surface area contributed by atoms with Crippen molar-refractivity contribution in [2.45, 2.75) is 6.61 Å². The first-order chi connectivity index (χ1) is 11.4. The Bertz CT molecular complexity index is 763. The molecule has 4 nitrogen and oxygen atoms in total. The van der Waals surface area contributed by atoms with Crippen LogP contribution >= 0.6 is 34.8 Å². The number of carbonyl (C=O) groups is 2. The molecule has 0 heterocycles. The number of nitrogens with one attached hydrogen (secondary N) is 1. The molecule has 0 aliphatic carbocycles. The second kappa shape index (κ2) is 8.33. The highest BCUT2D eigenvalue weighted by molar-refractivity contribution is 6.36. The van der Waals surface area contributed by atoms with E-state index in [0.717, 1.165) is 0 Å². The monoisotopic (exact) mass is 389 g/mol. The third kappa shape index (κ3) is 4.84. The molecule has 0 saturated heterocycles. The Kier molecular flexibility index (Phi) is 6.43. The van der Waals surface area contributed by atoms with Crippen molar-refractivity contribution in [1.29, 1.82) is 0 Å². The van der Waals surface area contributed by atoms with Crippen LogP contribution < -0.4 is 5.32 Å². The van der Waals surface area contributed by atoms with Crippen LogP contribution in [-0.2, 0) is 16.1 Å². The highest BCUT2D eigenvalue weighted by Gasteiger charge is 2.14. The fourth-order valence-corrected chi connectivity index (χ4v) is 2.51. The third-order valence-electron chi connectivity index (χ3n) is 3.01. The number of amides is 1. The first-order valence-corrected chi connectivity index (χ1v) is 7.83. The van der Waals surface area contributed by atoms with Gasteiger partial charge in [0.05, 0.1) is 15.6 Å². The van der Waals surface area contributed by atoms with E-state index < -0.39 is 24.2 Å². The van der Waals surface area contributed by atoms with E-state index in [-0.39, 0.29) is 27.8 Å². The molecule has 24 heavy (non-hydrogen) atoms. The van der Waals surface area contributed by atoms with Gasteiger partial charge in [-0.1, -0.05) is 40.9 Å². The number of hydrogen-bond acceptors (Lipinski definition) is 3. The van der Waals surface area contributed by atoms with Gasteiger partial charge in [-0.2, -0.15) is 0 Å². The summed E-state index contributed by atoms with van der Waals surface area (Å²) in [5.74, 6) is -1.88. The molecule has 0 radical (unpaired) electrons. The van der Waals surface area contributed by atoms with Gasteiger partial charge < -0.3 is 10.1 Å². The predicted molar refractivity (Wildman–Crippen MR) is 90.0 cm³/mol. The minimum absolute atomic E-state index is 0.0691. The van der Waals surface area contributed by atoms with Crippen molar-refractivity contribution >= 4 is 46.7 Å². The molecule has 126 valence electrons. The van der Waals surface area contributed by atoms with Crippen molar-refractivity contribution in [2.75, 3.05) is 6.54 Å². The Morgan fingerprint density at radius 2 is 1.83 bits per heavy atom. The van der Waals surface area contributed by atoms with Gasteiger partial charge in [0.25, 0.3) is 5.91 Å². The molecule has 8 heteroatoms. The van der Waals surface area contributed by atoms with E-state index in [1.807, 2.05) is 0 Å². The summed E-state index contributed by atoms with van der Waals surface area (Å²) < 4.78 is 18.4. The average Bonchev–Trinajstić information content (AvgIpc) is 2.52. The lowest BCUT2D eigenvalue weighted by molar-refractivity contribution is -0.143. The fourth-order valence-electron chi connectivity index (χ4n) is 1.80. The summed E-state index contributed by atoms with van der Waals surface area (Å²) in [7, 11) is 0. The zero-order valence-corrected chi connectivity index (χ0v) is 14.4. The Hall–Kier alpha value is -1.82. The lowest BCUT2D eigenvalue weighted by Gasteiger charge is -2.09. The van der Waals surface area contributed by atoms with E-state index in [9.17, 15) is 14.0 Å². The molecule has 0 aliphatic rings. The highest BCUT2D eigenvalue weighted by atomic mass is 35.5. The summed E-state index contributed by atoms with van der Waals surface area (Å²) in [6, 6.07) is 8.48. The van der Waals surface area contributed by atoms with Gasteiger partial charge >= 0.3 is 5.97 Å². The SMILES string of the molecule is O=C(CNC(=O)c1ccc(Cl)cc1Cl)OCc1c(F)cccc1Cl. The number of ether oxygens (including phenoxy) is 1. The molecule has 0 spiro atoms. The molecule has 2 aromatic rings. The second-order valence-corrected chi connectivity index (χ2v) is 5.92. The number of halogens is 4. The zero-order valence-electron chi connectivity index (χ0n) is 12.1. The van der Waals surface area contributed by atoms with Crippen molar-refractivity contribution in [3.8, 4) is 0 Å². The maximum Gasteiger partial charge on any atom is 0.325 e. The lowest BCUT2D eigenvalue weighted by atomic mass is 10.2. The summed E-state index contributed by atoms with van der Waals surface area (Å²) in [6.45, 7) is -0.730. The summed E-state index contributed by atoms with van der Waals surface area (Å²) in [4.78, 5) is 23.6. The van der Waals surface area contributed by atoms with Crippen molar-refractivity contribution < 1.29 is 18.7 Å². The van der Waals surface area contributed by atoms with Crippen LogP contribution in [0.1, 0.15) is 15.9 Å². The molecule has 1 N–H and O–H groups in total. The van der Waals surface area contributed by atoms with Gasteiger partial charge in [0.1, 0.15) is 19.0 Å². The maximum absolute atomic E-state index is 13.5. The minimum atomic E-state index is -0.743. The predicted octanol–water partition coefficient (Wildman–Crippen LogP) is 4.26. The largest absolute Gasteiger partial charge is 0.459 e. The normalized spacial score (nSPS) is 10.3. The average molecular weight is 391 g/mol. The molecule has 0 unspecified atom stereocenters. The van der Waals surface area contributed by atoms with E-state index in [2.05, 4.69) is 5.32 Å². The lowest BCUT2D eigenvalue weighted by Crippen LogP contribution is -2.30. The number of rotatable bonds is 5. The molecule has 0 aliphatic heterocycles. The summed E-state index contributed by atoms with van der Waals surface area (Å²) in [5.41, 5.74) is 0.241. The van der Waals surface area contributed by atoms with Crippen LogP contribution in [0.25, 0.3) is 0 Å². The summed E-state index contributed by atoms with van der Waals surface area (Å²) in [6.07, 6.45) is 0. The molecule has 0 bridgehead atoms. The number of benzene rings is 2. The maximum atomic E-state index is 13.5. The zero-order chi connectivity index (χ0) is 17.7. The van der Waals surface area contributed by atoms with Crippen LogP contribution in [0.5, 0.6) is 0 Å². The highest BCUT2D eigenvalue weighted by Crippen LogP contribution is 2.21. The molecule has 0 atom stereocenters. The van der Waals surface area contributed by atoms with Gasteiger partial charge in [0.2, 0.25) is 0 Å². The summed E-state index contributed by atoms with van der Waals surface area (Å²) >= 11 is 17.5. The number of carbonyl (C=O) groups excluding carboxylic acids is 2. The minimum Gasteiger partial charge on any atom is -0.459 e. The smallest absolute Gasteiger partial charge is 0.325 e. The van der Waals surface area contributed by atoms with Gasteiger partial charge in [-0.25, -0.2) is 4.39 Å². The summed E-state index contributed by atoms with van der Waals surface area (Å²) in [5, 5.41) is 3.05. The van der Waals surface area contributed by atoms with E-state index in [1.165, 1.54) is 36.4 Å². The van der Waals surface area contributed by atoms with Crippen LogP contribution in [0.3, 0.4) is 0 Å². The van der Waals surface area contributed by atoms with Gasteiger partial charge in [-0.15, -0.1) is 0 Å². The molecular weight excluding hydrogens is 380 g/mol. The van der Waals surface area contributed by atoms with Crippen LogP contribution in [0, 0.1) is 5.82 Å². The number of hydrogen-bond donors (Lipinski definition) is 1. The molecule has 0 aromatic heterocycles. The molecular formula is C16H11Cl3FNO3. The molecule has 2 rings (SSSR count). The number of esters is 1. The molecule has 0 fully saturated rings. The van der Waals surface area contributed by atoms with Crippen molar-refractivity contribution in [3.63, 3.8) is 0 Å². The Morgan fingerprint density at radius 1 is 1.08 bits per heavy atom. The molecule has 2 aromatic carbocycles. The quantitative estimate of drug-likeness (QED) is 0.776. The standard InChI is InChI=1S/C16H11Cl3FNO3/c17-9-4-5-10(13(19)6-9)16(23)21-7-15(22)24-8-11-12(18)2-1-3-14(11)20/h1-6H,7-8H2,(H,21,23). The molecule has 1 amide bonds. The van der Waals surface area contributed by atoms with Crippen molar-refractivity contribution in [1.82, 2.24) is 5.32 Å². The van der Waals surface area contributed by atoms with Crippen LogP contribution in [-0.4, -0.2) is 18.4 Å². The van der Waals surface area contributed by atoms with E-state index in [4.69, 9.17) is 39.5 Å². The van der Waals surface area contributed by atoms with Crippen molar-refractivity contribution in [2.24, 2.45) is 0 Å². The van der Waals surface area contributed by atoms with Crippen LogP contribution in [0.4, 0.5) is 4.39 Å². The van der Waals surface area contributed by atoms with Crippen LogP contribution in [0.15, 0.2) is 36.4 Å². The first-order valence-electron chi connectivity index (χ1n) is 6.70. The van der Waals surface area contributed by atoms with Gasteiger partial charge in [-0.3, -0.25) is 9.59 Å². The Balaban J connectivity index is 1.88. The Morgan fingerprint density at radius 3 is 2.50 bits per heavy atom. The van der Waals surface area contributed by atoms with E-state index in [1.54, 1.807) is 0 Å². The first kappa shape index (κ1) is 18.5. The topological polar surface area (TPSA) is 55.4 Å². The van der Waals surface area contributed by atoms with E-state index >= 15 is 0 Å². The van der Waals surface area contributed by atoms with Gasteiger partial charge in [-0.05, 0) is 30.3 Å². The van der Waals surface area contributed by atoms with E-state index in [0.29, 0.717) is 5.02 Å². The van der Waals surface area contributed by atoms with Crippen LogP contribution in [0.2, 0.25) is 15.1 Å². The Labute approximate surface area is 152 Å². The van der Waals surface area contributed by atoms with Crippen molar-refractivity contribution in [3.05, 3.63) is 68.4 Å².